The van der Waals surface area contributed by atoms with E-state index < -0.39 is 6.10 Å². The standard InChI is InChI=1S/C10H16N2O2/c1-7-3-4-10(14-2)8(5-7)9(13)6-12-11/h3-5,9,12-13H,6,11H2,1-2H3. The van der Waals surface area contributed by atoms with Crippen molar-refractivity contribution in [3.8, 4) is 5.75 Å². The minimum absolute atomic E-state index is 0.305. The molecule has 0 aromatic heterocycles. The Hall–Kier alpha value is -1.10. The van der Waals surface area contributed by atoms with Crippen molar-refractivity contribution < 1.29 is 9.84 Å². The van der Waals surface area contributed by atoms with Crippen LogP contribution >= 0.6 is 0 Å². The number of aliphatic hydroxyl groups excluding tert-OH is 1. The molecule has 1 unspecified atom stereocenters. The number of methoxy groups -OCH3 is 1. The molecular weight excluding hydrogens is 180 g/mol. The first-order valence-corrected chi connectivity index (χ1v) is 4.45. The maximum Gasteiger partial charge on any atom is 0.124 e. The van der Waals surface area contributed by atoms with Crippen LogP contribution in [0.1, 0.15) is 17.2 Å². The molecule has 0 saturated heterocycles. The first-order valence-electron chi connectivity index (χ1n) is 4.45. The fraction of sp³-hybridized carbons (Fsp3) is 0.400. The zero-order valence-corrected chi connectivity index (χ0v) is 8.45. The van der Waals surface area contributed by atoms with Gasteiger partial charge in [-0.2, -0.15) is 0 Å². The van der Waals surface area contributed by atoms with Gasteiger partial charge in [0.15, 0.2) is 0 Å². The molecule has 1 aromatic rings. The van der Waals surface area contributed by atoms with Crippen molar-refractivity contribution in [2.45, 2.75) is 13.0 Å². The summed E-state index contributed by atoms with van der Waals surface area (Å²) in [6.45, 7) is 2.27. The van der Waals surface area contributed by atoms with Crippen LogP contribution < -0.4 is 16.0 Å². The van der Waals surface area contributed by atoms with Crippen LogP contribution in [0.25, 0.3) is 0 Å². The highest BCUT2D eigenvalue weighted by atomic mass is 16.5. The third kappa shape index (κ3) is 2.45. The molecule has 0 aliphatic rings. The Morgan fingerprint density at radius 3 is 2.86 bits per heavy atom. The van der Waals surface area contributed by atoms with E-state index in [2.05, 4.69) is 5.43 Å². The fourth-order valence-corrected chi connectivity index (χ4v) is 1.34. The molecule has 0 aliphatic carbocycles. The second-order valence-corrected chi connectivity index (χ2v) is 3.17. The van der Waals surface area contributed by atoms with Crippen LogP contribution in [-0.2, 0) is 0 Å². The summed E-state index contributed by atoms with van der Waals surface area (Å²) in [6.07, 6.45) is -0.644. The Bertz CT molecular complexity index is 302. The Labute approximate surface area is 83.7 Å². The number of hydrogen-bond acceptors (Lipinski definition) is 4. The van der Waals surface area contributed by atoms with Crippen LogP contribution in [0.2, 0.25) is 0 Å². The molecule has 1 atom stereocenters. The van der Waals surface area contributed by atoms with Gasteiger partial charge in [-0.3, -0.25) is 11.3 Å². The summed E-state index contributed by atoms with van der Waals surface area (Å²) in [7, 11) is 1.58. The molecule has 0 bridgehead atoms. The van der Waals surface area contributed by atoms with Crippen molar-refractivity contribution >= 4 is 0 Å². The molecule has 0 amide bonds. The van der Waals surface area contributed by atoms with E-state index in [0.29, 0.717) is 12.3 Å². The molecule has 1 aromatic carbocycles. The van der Waals surface area contributed by atoms with Gasteiger partial charge in [0.25, 0.3) is 0 Å². The molecule has 14 heavy (non-hydrogen) atoms. The van der Waals surface area contributed by atoms with Crippen LogP contribution in [0.4, 0.5) is 0 Å². The van der Waals surface area contributed by atoms with Gasteiger partial charge in [-0.25, -0.2) is 0 Å². The minimum atomic E-state index is -0.644. The van der Waals surface area contributed by atoms with E-state index in [1.165, 1.54) is 0 Å². The van der Waals surface area contributed by atoms with E-state index >= 15 is 0 Å². The molecule has 0 heterocycles. The highest BCUT2D eigenvalue weighted by molar-refractivity contribution is 5.38. The lowest BCUT2D eigenvalue weighted by Gasteiger charge is -2.14. The number of nitrogens with one attached hydrogen (secondary N) is 1. The van der Waals surface area contributed by atoms with Gasteiger partial charge in [0.1, 0.15) is 5.75 Å². The number of hydrazine groups is 1. The summed E-state index contributed by atoms with van der Waals surface area (Å²) < 4.78 is 5.14. The normalized spacial score (nSPS) is 12.6. The van der Waals surface area contributed by atoms with Gasteiger partial charge in [0.05, 0.1) is 13.2 Å². The van der Waals surface area contributed by atoms with E-state index in [1.807, 2.05) is 25.1 Å². The molecule has 4 N–H and O–H groups in total. The second-order valence-electron chi connectivity index (χ2n) is 3.17. The quantitative estimate of drug-likeness (QED) is 0.484. The van der Waals surface area contributed by atoms with Crippen molar-refractivity contribution in [1.29, 1.82) is 0 Å². The summed E-state index contributed by atoms with van der Waals surface area (Å²) in [5.74, 6) is 5.82. The second kappa shape index (κ2) is 4.95. The average Bonchev–Trinajstić information content (AvgIpc) is 2.18. The maximum atomic E-state index is 9.73. The van der Waals surface area contributed by atoms with E-state index in [-0.39, 0.29) is 0 Å². The monoisotopic (exact) mass is 196 g/mol. The summed E-state index contributed by atoms with van der Waals surface area (Å²) in [5, 5.41) is 9.73. The summed E-state index contributed by atoms with van der Waals surface area (Å²) in [4.78, 5) is 0. The molecule has 0 saturated carbocycles. The Morgan fingerprint density at radius 2 is 2.29 bits per heavy atom. The van der Waals surface area contributed by atoms with Crippen molar-refractivity contribution in [2.24, 2.45) is 5.84 Å². The van der Waals surface area contributed by atoms with Crippen molar-refractivity contribution in [2.75, 3.05) is 13.7 Å². The number of hydrogen-bond donors (Lipinski definition) is 3. The zero-order chi connectivity index (χ0) is 10.6. The maximum absolute atomic E-state index is 9.73. The molecule has 0 aliphatic heterocycles. The van der Waals surface area contributed by atoms with Crippen molar-refractivity contribution in [1.82, 2.24) is 5.43 Å². The lowest BCUT2D eigenvalue weighted by molar-refractivity contribution is 0.171. The number of rotatable bonds is 4. The summed E-state index contributed by atoms with van der Waals surface area (Å²) in [5.41, 5.74) is 4.27. The van der Waals surface area contributed by atoms with Gasteiger partial charge in [0, 0.05) is 12.1 Å². The number of aliphatic hydroxyl groups is 1. The molecule has 1 rings (SSSR count). The predicted molar refractivity (Wildman–Crippen MR) is 54.9 cm³/mol. The van der Waals surface area contributed by atoms with Crippen LogP contribution in [-0.4, -0.2) is 18.8 Å². The minimum Gasteiger partial charge on any atom is -0.496 e. The van der Waals surface area contributed by atoms with Crippen LogP contribution in [0.15, 0.2) is 18.2 Å². The van der Waals surface area contributed by atoms with Crippen LogP contribution in [0, 0.1) is 6.92 Å². The average molecular weight is 196 g/mol. The molecule has 0 radical (unpaired) electrons. The summed E-state index contributed by atoms with van der Waals surface area (Å²) in [6, 6.07) is 5.66. The first-order chi connectivity index (χ1) is 6.69. The van der Waals surface area contributed by atoms with Crippen LogP contribution in [0.3, 0.4) is 0 Å². The van der Waals surface area contributed by atoms with Crippen molar-refractivity contribution in [3.05, 3.63) is 29.3 Å². The Balaban J connectivity index is 2.97. The molecule has 4 heteroatoms. The van der Waals surface area contributed by atoms with E-state index in [4.69, 9.17) is 10.6 Å². The van der Waals surface area contributed by atoms with E-state index in [1.54, 1.807) is 7.11 Å². The van der Waals surface area contributed by atoms with Gasteiger partial charge in [-0.15, -0.1) is 0 Å². The van der Waals surface area contributed by atoms with Gasteiger partial charge in [-0.1, -0.05) is 11.6 Å². The number of nitrogens with two attached hydrogens (primary N) is 1. The molecule has 0 spiro atoms. The Kier molecular flexibility index (Phi) is 3.88. The van der Waals surface area contributed by atoms with Crippen molar-refractivity contribution in [3.63, 3.8) is 0 Å². The molecule has 4 nitrogen and oxygen atoms in total. The third-order valence-corrected chi connectivity index (χ3v) is 2.06. The lowest BCUT2D eigenvalue weighted by Crippen LogP contribution is -2.27. The Morgan fingerprint density at radius 1 is 1.57 bits per heavy atom. The van der Waals surface area contributed by atoms with E-state index in [9.17, 15) is 5.11 Å². The SMILES string of the molecule is COc1ccc(C)cc1C(O)CNN. The number of benzene rings is 1. The number of aryl methyl sites for hydroxylation is 1. The lowest BCUT2D eigenvalue weighted by atomic mass is 10.1. The highest BCUT2D eigenvalue weighted by Gasteiger charge is 2.12. The summed E-state index contributed by atoms with van der Waals surface area (Å²) >= 11 is 0. The largest absolute Gasteiger partial charge is 0.496 e. The molecule has 0 fully saturated rings. The van der Waals surface area contributed by atoms with Gasteiger partial charge >= 0.3 is 0 Å². The first kappa shape index (κ1) is 11.0. The smallest absolute Gasteiger partial charge is 0.124 e. The van der Waals surface area contributed by atoms with Gasteiger partial charge in [-0.05, 0) is 19.1 Å². The molecule has 78 valence electrons. The molecular formula is C10H16N2O2. The fourth-order valence-electron chi connectivity index (χ4n) is 1.34. The highest BCUT2D eigenvalue weighted by Crippen LogP contribution is 2.25. The third-order valence-electron chi connectivity index (χ3n) is 2.06. The van der Waals surface area contributed by atoms with Gasteiger partial charge in [0.2, 0.25) is 0 Å². The van der Waals surface area contributed by atoms with E-state index in [0.717, 1.165) is 11.1 Å². The zero-order valence-electron chi connectivity index (χ0n) is 8.45. The topological polar surface area (TPSA) is 67.5 Å². The number of ether oxygens (including phenoxy) is 1. The van der Waals surface area contributed by atoms with Crippen LogP contribution in [0.5, 0.6) is 5.75 Å². The predicted octanol–water partition coefficient (Wildman–Crippen LogP) is 0.500. The van der Waals surface area contributed by atoms with Gasteiger partial charge < -0.3 is 9.84 Å².